The maximum absolute atomic E-state index is 12.0. The first-order valence-electron chi connectivity index (χ1n) is 6.68. The lowest BCUT2D eigenvalue weighted by atomic mass is 10.1. The van der Waals surface area contributed by atoms with Gasteiger partial charge < -0.3 is 10.2 Å². The van der Waals surface area contributed by atoms with Gasteiger partial charge in [-0.1, -0.05) is 24.3 Å². The van der Waals surface area contributed by atoms with Gasteiger partial charge in [0.15, 0.2) is 0 Å². The van der Waals surface area contributed by atoms with Gasteiger partial charge in [-0.05, 0) is 30.0 Å². The molecule has 110 valence electrons. The van der Waals surface area contributed by atoms with E-state index >= 15 is 0 Å². The molecule has 0 radical (unpaired) electrons. The molecular formula is C16H18N2O2S. The molecule has 0 aliphatic heterocycles. The molecule has 0 aliphatic carbocycles. The summed E-state index contributed by atoms with van der Waals surface area (Å²) in [7, 11) is 1.74. The molecular weight excluding hydrogens is 284 g/mol. The van der Waals surface area contributed by atoms with E-state index in [1.807, 2.05) is 42.6 Å². The molecule has 1 N–H and O–H groups in total. The van der Waals surface area contributed by atoms with E-state index in [1.165, 1.54) is 0 Å². The Balaban J connectivity index is 1.86. The molecule has 0 fully saturated rings. The number of amides is 2. The molecule has 1 heterocycles. The number of hydrogen-bond acceptors (Lipinski definition) is 3. The monoisotopic (exact) mass is 302 g/mol. The smallest absolute Gasteiger partial charge is 0.251 e. The molecule has 0 unspecified atom stereocenters. The summed E-state index contributed by atoms with van der Waals surface area (Å²) in [5.74, 6) is -0.323. The van der Waals surface area contributed by atoms with Gasteiger partial charge in [0.1, 0.15) is 0 Å². The summed E-state index contributed by atoms with van der Waals surface area (Å²) in [5, 5.41) is 4.65. The molecule has 0 aliphatic rings. The first-order valence-corrected chi connectivity index (χ1v) is 7.56. The van der Waals surface area contributed by atoms with Crippen molar-refractivity contribution in [3.05, 3.63) is 57.8 Å². The number of carbonyl (C=O) groups is 2. The molecule has 2 amide bonds. The lowest BCUT2D eigenvalue weighted by Crippen LogP contribution is -2.37. The maximum atomic E-state index is 12.0. The SMILES string of the molecule is Cc1ccccc1C(=O)NCC(=O)N(C)Cc1cccs1. The zero-order valence-corrected chi connectivity index (χ0v) is 12.9. The van der Waals surface area contributed by atoms with Gasteiger partial charge in [-0.3, -0.25) is 9.59 Å². The van der Waals surface area contributed by atoms with Crippen LogP contribution in [0.5, 0.6) is 0 Å². The fraction of sp³-hybridized carbons (Fsp3) is 0.250. The van der Waals surface area contributed by atoms with Crippen LogP contribution in [0.1, 0.15) is 20.8 Å². The van der Waals surface area contributed by atoms with Gasteiger partial charge >= 0.3 is 0 Å². The molecule has 5 heteroatoms. The van der Waals surface area contributed by atoms with E-state index in [0.717, 1.165) is 10.4 Å². The summed E-state index contributed by atoms with van der Waals surface area (Å²) in [5.41, 5.74) is 1.50. The summed E-state index contributed by atoms with van der Waals surface area (Å²) >= 11 is 1.61. The molecule has 1 aromatic heterocycles. The number of thiophene rings is 1. The van der Waals surface area contributed by atoms with E-state index in [-0.39, 0.29) is 18.4 Å². The minimum atomic E-state index is -0.217. The summed E-state index contributed by atoms with van der Waals surface area (Å²) in [6.07, 6.45) is 0. The lowest BCUT2D eigenvalue weighted by molar-refractivity contribution is -0.129. The Hall–Kier alpha value is -2.14. The number of nitrogens with one attached hydrogen (secondary N) is 1. The van der Waals surface area contributed by atoms with Gasteiger partial charge in [-0.2, -0.15) is 0 Å². The minimum absolute atomic E-state index is 0.00897. The standard InChI is InChI=1S/C16H18N2O2S/c1-12-6-3-4-8-14(12)16(20)17-10-15(19)18(2)11-13-7-5-9-21-13/h3-9H,10-11H2,1-2H3,(H,17,20). The Morgan fingerprint density at radius 2 is 1.95 bits per heavy atom. The van der Waals surface area contributed by atoms with Crippen LogP contribution < -0.4 is 5.32 Å². The van der Waals surface area contributed by atoms with Crippen molar-refractivity contribution in [1.29, 1.82) is 0 Å². The zero-order chi connectivity index (χ0) is 15.2. The van der Waals surface area contributed by atoms with E-state index in [4.69, 9.17) is 0 Å². The molecule has 1 aromatic carbocycles. The second-order valence-corrected chi connectivity index (χ2v) is 5.86. The van der Waals surface area contributed by atoms with Crippen molar-refractivity contribution in [3.8, 4) is 0 Å². The average molecular weight is 302 g/mol. The third-order valence-electron chi connectivity index (χ3n) is 3.19. The third-order valence-corrected chi connectivity index (χ3v) is 4.05. The van der Waals surface area contributed by atoms with Crippen LogP contribution in [-0.2, 0) is 11.3 Å². The molecule has 2 rings (SSSR count). The quantitative estimate of drug-likeness (QED) is 0.922. The first-order chi connectivity index (χ1) is 10.1. The van der Waals surface area contributed by atoms with Crippen molar-refractivity contribution in [3.63, 3.8) is 0 Å². The Bertz CT molecular complexity index is 623. The molecule has 0 spiro atoms. The Labute approximate surface area is 128 Å². The molecule has 4 nitrogen and oxygen atoms in total. The van der Waals surface area contributed by atoms with Crippen LogP contribution in [0.2, 0.25) is 0 Å². The zero-order valence-electron chi connectivity index (χ0n) is 12.1. The number of aryl methyl sites for hydroxylation is 1. The van der Waals surface area contributed by atoms with Gasteiger partial charge in [-0.25, -0.2) is 0 Å². The summed E-state index contributed by atoms with van der Waals surface area (Å²) in [4.78, 5) is 26.8. The normalized spacial score (nSPS) is 10.2. The Morgan fingerprint density at radius 3 is 2.62 bits per heavy atom. The molecule has 0 saturated carbocycles. The van der Waals surface area contributed by atoms with Crippen molar-refractivity contribution in [2.24, 2.45) is 0 Å². The highest BCUT2D eigenvalue weighted by Gasteiger charge is 2.13. The number of carbonyl (C=O) groups excluding carboxylic acids is 2. The van der Waals surface area contributed by atoms with E-state index in [0.29, 0.717) is 12.1 Å². The van der Waals surface area contributed by atoms with Crippen LogP contribution in [0.15, 0.2) is 41.8 Å². The van der Waals surface area contributed by atoms with Gasteiger partial charge in [0, 0.05) is 17.5 Å². The Morgan fingerprint density at radius 1 is 1.19 bits per heavy atom. The second kappa shape index (κ2) is 7.04. The third kappa shape index (κ3) is 4.16. The summed E-state index contributed by atoms with van der Waals surface area (Å²) in [6, 6.07) is 11.3. The van der Waals surface area contributed by atoms with Crippen molar-refractivity contribution in [2.75, 3.05) is 13.6 Å². The van der Waals surface area contributed by atoms with E-state index < -0.39 is 0 Å². The average Bonchev–Trinajstić information content (AvgIpc) is 2.97. The van der Waals surface area contributed by atoms with Crippen molar-refractivity contribution in [1.82, 2.24) is 10.2 Å². The predicted molar refractivity (Wildman–Crippen MR) is 84.3 cm³/mol. The Kier molecular flexibility index (Phi) is 5.11. The van der Waals surface area contributed by atoms with Gasteiger partial charge in [0.2, 0.25) is 5.91 Å². The number of nitrogens with zero attached hydrogens (tertiary/aromatic N) is 1. The van der Waals surface area contributed by atoms with Crippen molar-refractivity contribution >= 4 is 23.2 Å². The second-order valence-electron chi connectivity index (χ2n) is 4.83. The van der Waals surface area contributed by atoms with Crippen LogP contribution in [0.25, 0.3) is 0 Å². The van der Waals surface area contributed by atoms with Crippen molar-refractivity contribution in [2.45, 2.75) is 13.5 Å². The van der Waals surface area contributed by atoms with Crippen LogP contribution in [0.4, 0.5) is 0 Å². The van der Waals surface area contributed by atoms with Crippen LogP contribution >= 0.6 is 11.3 Å². The summed E-state index contributed by atoms with van der Waals surface area (Å²) in [6.45, 7) is 2.45. The fourth-order valence-corrected chi connectivity index (χ4v) is 2.70. The minimum Gasteiger partial charge on any atom is -0.343 e. The fourth-order valence-electron chi connectivity index (χ4n) is 1.94. The van der Waals surface area contributed by atoms with E-state index in [1.54, 1.807) is 29.4 Å². The lowest BCUT2D eigenvalue weighted by Gasteiger charge is -2.16. The van der Waals surface area contributed by atoms with Crippen LogP contribution in [-0.4, -0.2) is 30.3 Å². The van der Waals surface area contributed by atoms with E-state index in [9.17, 15) is 9.59 Å². The van der Waals surface area contributed by atoms with E-state index in [2.05, 4.69) is 5.32 Å². The summed E-state index contributed by atoms with van der Waals surface area (Å²) < 4.78 is 0. The van der Waals surface area contributed by atoms with Crippen LogP contribution in [0, 0.1) is 6.92 Å². The predicted octanol–water partition coefficient (Wildman–Crippen LogP) is 2.44. The molecule has 0 saturated heterocycles. The highest BCUT2D eigenvalue weighted by atomic mass is 32.1. The molecule has 21 heavy (non-hydrogen) atoms. The number of benzene rings is 1. The highest BCUT2D eigenvalue weighted by molar-refractivity contribution is 7.09. The largest absolute Gasteiger partial charge is 0.343 e. The molecule has 0 bridgehead atoms. The van der Waals surface area contributed by atoms with Crippen LogP contribution in [0.3, 0.4) is 0 Å². The maximum Gasteiger partial charge on any atom is 0.251 e. The van der Waals surface area contributed by atoms with Crippen molar-refractivity contribution < 1.29 is 9.59 Å². The number of rotatable bonds is 5. The van der Waals surface area contributed by atoms with Gasteiger partial charge in [0.05, 0.1) is 13.1 Å². The number of hydrogen-bond donors (Lipinski definition) is 1. The molecule has 2 aromatic rings. The number of likely N-dealkylation sites (N-methyl/N-ethyl adjacent to an activating group) is 1. The van der Waals surface area contributed by atoms with Gasteiger partial charge in [0.25, 0.3) is 5.91 Å². The first kappa shape index (κ1) is 15.3. The molecule has 0 atom stereocenters. The highest BCUT2D eigenvalue weighted by Crippen LogP contribution is 2.11. The van der Waals surface area contributed by atoms with Gasteiger partial charge in [-0.15, -0.1) is 11.3 Å². The topological polar surface area (TPSA) is 49.4 Å².